The molecule has 0 aliphatic carbocycles. The average molecular weight is 416 g/mol. The van der Waals surface area contributed by atoms with Gasteiger partial charge in [0, 0.05) is 23.6 Å². The van der Waals surface area contributed by atoms with E-state index in [0.29, 0.717) is 19.8 Å². The van der Waals surface area contributed by atoms with Crippen LogP contribution in [0.2, 0.25) is 5.02 Å². The first kappa shape index (κ1) is 20.0. The molecule has 29 heavy (non-hydrogen) atoms. The summed E-state index contributed by atoms with van der Waals surface area (Å²) < 4.78 is 11.6. The van der Waals surface area contributed by atoms with Gasteiger partial charge < -0.3 is 19.7 Å². The van der Waals surface area contributed by atoms with Crippen molar-refractivity contribution in [3.8, 4) is 11.5 Å². The van der Waals surface area contributed by atoms with Crippen molar-refractivity contribution in [3.63, 3.8) is 0 Å². The third-order valence-electron chi connectivity index (χ3n) is 5.77. The van der Waals surface area contributed by atoms with Crippen molar-refractivity contribution in [1.82, 2.24) is 4.90 Å². The molecule has 2 aliphatic rings. The van der Waals surface area contributed by atoms with Gasteiger partial charge in [0.1, 0.15) is 6.04 Å². The van der Waals surface area contributed by atoms with E-state index in [2.05, 4.69) is 18.3 Å². The summed E-state index contributed by atoms with van der Waals surface area (Å²) in [5.41, 5.74) is 2.18. The molecule has 1 fully saturated rings. The lowest BCUT2D eigenvalue weighted by molar-refractivity contribution is -0.683. The second-order valence-corrected chi connectivity index (χ2v) is 8.16. The molecule has 5 nitrogen and oxygen atoms in total. The SMILES string of the molecule is C[C@@H]([NH2+]CC(=O)N1CCC[C@@H]1c1ccc2c(c1)OCCCO2)c1ccccc1Cl. The maximum atomic E-state index is 13.0. The molecule has 4 rings (SSSR count). The number of halogens is 1. The molecule has 6 heteroatoms. The number of nitrogens with two attached hydrogens (primary N) is 1. The smallest absolute Gasteiger partial charge is 0.278 e. The molecule has 154 valence electrons. The van der Waals surface area contributed by atoms with Crippen molar-refractivity contribution in [1.29, 1.82) is 0 Å². The summed E-state index contributed by atoms with van der Waals surface area (Å²) in [4.78, 5) is 15.0. The molecule has 0 unspecified atom stereocenters. The van der Waals surface area contributed by atoms with Crippen molar-refractivity contribution >= 4 is 17.5 Å². The molecule has 0 bridgehead atoms. The van der Waals surface area contributed by atoms with Crippen LogP contribution in [0, 0.1) is 0 Å². The van der Waals surface area contributed by atoms with Gasteiger partial charge in [-0.15, -0.1) is 0 Å². The van der Waals surface area contributed by atoms with Gasteiger partial charge in [0.05, 0.1) is 19.3 Å². The number of nitrogens with zero attached hydrogens (tertiary/aromatic N) is 1. The molecule has 2 aliphatic heterocycles. The van der Waals surface area contributed by atoms with Crippen LogP contribution in [0.1, 0.15) is 49.4 Å². The highest BCUT2D eigenvalue weighted by atomic mass is 35.5. The van der Waals surface area contributed by atoms with Gasteiger partial charge in [-0.3, -0.25) is 4.79 Å². The van der Waals surface area contributed by atoms with Crippen molar-refractivity contribution in [2.45, 2.75) is 38.3 Å². The van der Waals surface area contributed by atoms with Gasteiger partial charge in [0.25, 0.3) is 5.91 Å². The van der Waals surface area contributed by atoms with Crippen LogP contribution in [-0.4, -0.2) is 37.1 Å². The van der Waals surface area contributed by atoms with Crippen molar-refractivity contribution < 1.29 is 19.6 Å². The molecule has 2 heterocycles. The van der Waals surface area contributed by atoms with Gasteiger partial charge >= 0.3 is 0 Å². The van der Waals surface area contributed by atoms with Crippen LogP contribution >= 0.6 is 11.6 Å². The maximum Gasteiger partial charge on any atom is 0.278 e. The van der Waals surface area contributed by atoms with Crippen LogP contribution in [0.4, 0.5) is 0 Å². The number of benzene rings is 2. The zero-order valence-electron chi connectivity index (χ0n) is 16.8. The lowest BCUT2D eigenvalue weighted by Gasteiger charge is -2.25. The maximum absolute atomic E-state index is 13.0. The third kappa shape index (κ3) is 4.51. The predicted molar refractivity (Wildman–Crippen MR) is 112 cm³/mol. The Hall–Kier alpha value is -2.24. The zero-order chi connectivity index (χ0) is 20.2. The van der Waals surface area contributed by atoms with Gasteiger partial charge in [-0.05, 0) is 43.5 Å². The molecular weight excluding hydrogens is 388 g/mol. The second kappa shape index (κ2) is 9.06. The van der Waals surface area contributed by atoms with Gasteiger partial charge in [-0.1, -0.05) is 35.9 Å². The monoisotopic (exact) mass is 415 g/mol. The molecule has 1 amide bonds. The van der Waals surface area contributed by atoms with Gasteiger partial charge in [-0.25, -0.2) is 0 Å². The van der Waals surface area contributed by atoms with E-state index in [1.807, 2.05) is 41.3 Å². The van der Waals surface area contributed by atoms with Crippen molar-refractivity contribution in [2.75, 3.05) is 26.3 Å². The Balaban J connectivity index is 1.42. The number of quaternary nitrogens is 1. The number of rotatable bonds is 5. The number of ether oxygens (including phenoxy) is 2. The Kier molecular flexibility index (Phi) is 6.26. The summed E-state index contributed by atoms with van der Waals surface area (Å²) in [6, 6.07) is 14.1. The van der Waals surface area contributed by atoms with Gasteiger partial charge in [0.2, 0.25) is 0 Å². The van der Waals surface area contributed by atoms with Crippen LogP contribution in [0.15, 0.2) is 42.5 Å². The van der Waals surface area contributed by atoms with Crippen molar-refractivity contribution in [2.24, 2.45) is 0 Å². The quantitative estimate of drug-likeness (QED) is 0.813. The first-order valence-corrected chi connectivity index (χ1v) is 10.8. The summed E-state index contributed by atoms with van der Waals surface area (Å²) >= 11 is 6.30. The summed E-state index contributed by atoms with van der Waals surface area (Å²) in [6.07, 6.45) is 2.88. The van der Waals surface area contributed by atoms with Gasteiger partial charge in [0.15, 0.2) is 18.0 Å². The second-order valence-electron chi connectivity index (χ2n) is 7.75. The van der Waals surface area contributed by atoms with E-state index in [9.17, 15) is 4.79 Å². The molecule has 0 radical (unpaired) electrons. The number of hydrogen-bond acceptors (Lipinski definition) is 3. The van der Waals surface area contributed by atoms with Crippen LogP contribution in [-0.2, 0) is 4.79 Å². The van der Waals surface area contributed by atoms with Crippen LogP contribution in [0.5, 0.6) is 11.5 Å². The van der Waals surface area contributed by atoms with Crippen molar-refractivity contribution in [3.05, 3.63) is 58.6 Å². The molecule has 2 aromatic carbocycles. The Bertz CT molecular complexity index is 873. The first-order valence-electron chi connectivity index (χ1n) is 10.4. The fraction of sp³-hybridized carbons (Fsp3) is 0.435. The number of carbonyl (C=O) groups excluding carboxylic acids is 1. The summed E-state index contributed by atoms with van der Waals surface area (Å²) in [6.45, 7) is 4.64. The minimum absolute atomic E-state index is 0.101. The van der Waals surface area contributed by atoms with Crippen LogP contribution in [0.25, 0.3) is 0 Å². The normalized spacial score (nSPS) is 19.7. The molecule has 2 N–H and O–H groups in total. The largest absolute Gasteiger partial charge is 0.490 e. The molecular formula is C23H28ClN2O3+. The molecule has 0 spiro atoms. The summed E-state index contributed by atoms with van der Waals surface area (Å²) in [5.74, 6) is 1.75. The van der Waals surface area contributed by atoms with E-state index in [-0.39, 0.29) is 18.0 Å². The highest BCUT2D eigenvalue weighted by molar-refractivity contribution is 6.31. The third-order valence-corrected chi connectivity index (χ3v) is 6.12. The summed E-state index contributed by atoms with van der Waals surface area (Å²) in [5, 5.41) is 2.81. The Morgan fingerprint density at radius 2 is 1.97 bits per heavy atom. The number of amides is 1. The minimum atomic E-state index is 0.101. The Labute approximate surface area is 176 Å². The fourth-order valence-electron chi connectivity index (χ4n) is 4.17. The highest BCUT2D eigenvalue weighted by Crippen LogP contribution is 2.37. The van der Waals surface area contributed by atoms with Crippen LogP contribution < -0.4 is 14.8 Å². The molecule has 2 aromatic rings. The van der Waals surface area contributed by atoms with E-state index in [0.717, 1.165) is 53.5 Å². The van der Waals surface area contributed by atoms with E-state index in [1.165, 1.54) is 0 Å². The number of hydrogen-bond donors (Lipinski definition) is 1. The summed E-state index contributed by atoms with van der Waals surface area (Å²) in [7, 11) is 0. The number of likely N-dealkylation sites (tertiary alicyclic amines) is 1. The molecule has 0 saturated carbocycles. The van der Waals surface area contributed by atoms with Crippen LogP contribution in [0.3, 0.4) is 0 Å². The van der Waals surface area contributed by atoms with E-state index in [1.54, 1.807) is 0 Å². The highest BCUT2D eigenvalue weighted by Gasteiger charge is 2.31. The fourth-order valence-corrected chi connectivity index (χ4v) is 4.47. The molecule has 0 aromatic heterocycles. The first-order chi connectivity index (χ1) is 14.1. The lowest BCUT2D eigenvalue weighted by Crippen LogP contribution is -2.87. The Morgan fingerprint density at radius 1 is 1.17 bits per heavy atom. The molecule has 2 atom stereocenters. The van der Waals surface area contributed by atoms with E-state index >= 15 is 0 Å². The molecule has 1 saturated heterocycles. The number of carbonyl (C=O) groups is 1. The minimum Gasteiger partial charge on any atom is -0.490 e. The standard InChI is InChI=1S/C23H27ClN2O3/c1-16(18-6-2-3-7-19(18)24)25-15-23(27)26-11-4-8-20(26)17-9-10-21-22(14-17)29-13-5-12-28-21/h2-3,6-7,9-10,14,16,20,25H,4-5,8,11-13,15H2,1H3/p+1/t16-,20-/m1/s1. The van der Waals surface area contributed by atoms with Gasteiger partial charge in [-0.2, -0.15) is 0 Å². The lowest BCUT2D eigenvalue weighted by atomic mass is 10.0. The van der Waals surface area contributed by atoms with E-state index < -0.39 is 0 Å². The average Bonchev–Trinajstić information content (AvgIpc) is 3.11. The number of fused-ring (bicyclic) bond motifs is 1. The topological polar surface area (TPSA) is 55.4 Å². The van der Waals surface area contributed by atoms with E-state index in [4.69, 9.17) is 21.1 Å². The predicted octanol–water partition coefficient (Wildman–Crippen LogP) is 3.49. The zero-order valence-corrected chi connectivity index (χ0v) is 17.5. The Morgan fingerprint density at radius 3 is 2.79 bits per heavy atom.